The maximum atomic E-state index is 14.0. The lowest BCUT2D eigenvalue weighted by Gasteiger charge is -2.29. The van der Waals surface area contributed by atoms with Gasteiger partial charge in [-0.2, -0.15) is 0 Å². The Morgan fingerprint density at radius 2 is 1.02 bits per heavy atom. The van der Waals surface area contributed by atoms with Gasteiger partial charge in [0.15, 0.2) is 5.96 Å². The fourth-order valence-electron chi connectivity index (χ4n) is 8.93. The van der Waals surface area contributed by atoms with E-state index in [2.05, 4.69) is 52.8 Å². The predicted octanol–water partition coefficient (Wildman–Crippen LogP) is -8.97. The quantitative estimate of drug-likeness (QED) is 0.0155. The number of rotatable bonds is 38. The van der Waals surface area contributed by atoms with Crippen LogP contribution in [0.4, 0.5) is 0 Å². The molecule has 2 aliphatic rings. The molecule has 0 aromatic rings. The van der Waals surface area contributed by atoms with E-state index in [4.69, 9.17) is 34.4 Å². The van der Waals surface area contributed by atoms with Crippen molar-refractivity contribution in [1.82, 2.24) is 57.7 Å². The number of nitrogens with two attached hydrogens (primary N) is 6. The third kappa shape index (κ3) is 26.5. The molecule has 2 rings (SSSR count). The van der Waals surface area contributed by atoms with Crippen molar-refractivity contribution in [3.63, 3.8) is 0 Å². The third-order valence-corrected chi connectivity index (χ3v) is 13.3. The van der Waals surface area contributed by atoms with Gasteiger partial charge in [0.2, 0.25) is 82.7 Å². The number of carboxylic acids is 2. The molecule has 2 fully saturated rings. The Labute approximate surface area is 493 Å². The molecule has 0 radical (unpaired) electrons. The van der Waals surface area contributed by atoms with Crippen LogP contribution in [0, 0.1) is 5.92 Å². The van der Waals surface area contributed by atoms with Crippen LogP contribution >= 0.6 is 0 Å². The van der Waals surface area contributed by atoms with Crippen LogP contribution in [-0.2, 0) is 76.7 Å². The molecule has 0 aromatic carbocycles. The van der Waals surface area contributed by atoms with Gasteiger partial charge in [-0.3, -0.25) is 76.9 Å². The number of aliphatic carboxylic acids is 2. The van der Waals surface area contributed by atoms with Gasteiger partial charge in [-0.1, -0.05) is 13.8 Å². The van der Waals surface area contributed by atoms with Crippen LogP contribution in [0.15, 0.2) is 4.99 Å². The Kier molecular flexibility index (Phi) is 30.9. The van der Waals surface area contributed by atoms with Crippen LogP contribution in [0.2, 0.25) is 0 Å². The minimum atomic E-state index is -1.57. The first kappa shape index (κ1) is 72.9. The van der Waals surface area contributed by atoms with Gasteiger partial charge in [0.1, 0.15) is 48.3 Å². The third-order valence-electron chi connectivity index (χ3n) is 13.3. The first-order chi connectivity index (χ1) is 40.3. The summed E-state index contributed by atoms with van der Waals surface area (Å²) in [6.07, 6.45) is -2.25. The van der Waals surface area contributed by atoms with Crippen molar-refractivity contribution in [3.05, 3.63) is 0 Å². The molecule has 480 valence electrons. The van der Waals surface area contributed by atoms with Crippen molar-refractivity contribution in [1.29, 1.82) is 0 Å². The number of primary amides is 3. The Bertz CT molecular complexity index is 2550. The standard InChI is InChI=1S/C50H82N18O18/c1-24(2)19-31(66-47(83)33-9-5-17-67(33)39(74)23-60-42(78)26(51)20-36(54)71)45(81)64-28(10-13-34(52)69)43(79)61-25(3)41(77)58-21-38(73)63-29(11-14-35(53)70)48(84)68-18-6-8-32(68)46(82)59-22-37(72)62-27(12-15-40(75)76)44(80)65-30(49(85)86)7-4-16-57-50(55)56/h24-33H,4-23,51H2,1-3H3,(H2,52,69)(H2,53,70)(H2,54,71)(H,58,77)(H,59,82)(H,60,78)(H,61,79)(H,62,72)(H,63,73)(H,64,81)(H,65,80)(H,66,83)(H,75,76)(H,85,86)(H4,55,56,57)/t25-,26-,27-,28-,29-,30-,31-,32+,33+/m0/s1. The van der Waals surface area contributed by atoms with Gasteiger partial charge in [-0.15, -0.1) is 0 Å². The molecule has 2 saturated heterocycles. The summed E-state index contributed by atoms with van der Waals surface area (Å²) in [7, 11) is 0. The zero-order valence-corrected chi connectivity index (χ0v) is 48.1. The van der Waals surface area contributed by atoms with Crippen LogP contribution in [0.5, 0.6) is 0 Å². The zero-order chi connectivity index (χ0) is 65.0. The second-order valence-corrected chi connectivity index (χ2v) is 20.9. The van der Waals surface area contributed by atoms with E-state index in [-0.39, 0.29) is 82.9 Å². The summed E-state index contributed by atoms with van der Waals surface area (Å²) in [6.45, 7) is 2.65. The molecule has 36 nitrogen and oxygen atoms in total. The largest absolute Gasteiger partial charge is 0.481 e. The molecule has 23 N–H and O–H groups in total. The van der Waals surface area contributed by atoms with E-state index in [0.29, 0.717) is 6.42 Å². The lowest BCUT2D eigenvalue weighted by atomic mass is 10.0. The van der Waals surface area contributed by atoms with Crippen molar-refractivity contribution in [2.24, 2.45) is 45.3 Å². The zero-order valence-electron chi connectivity index (χ0n) is 48.1. The highest BCUT2D eigenvalue weighted by Crippen LogP contribution is 2.21. The van der Waals surface area contributed by atoms with Gasteiger partial charge in [-0.05, 0) is 77.0 Å². The van der Waals surface area contributed by atoms with E-state index in [1.165, 1.54) is 11.8 Å². The number of nitrogens with one attached hydrogen (secondary N) is 9. The van der Waals surface area contributed by atoms with Crippen molar-refractivity contribution in [2.45, 2.75) is 165 Å². The number of aliphatic imine (C=N–C) groups is 1. The van der Waals surface area contributed by atoms with E-state index in [1.54, 1.807) is 13.8 Å². The minimum absolute atomic E-state index is 0.0257. The van der Waals surface area contributed by atoms with Crippen molar-refractivity contribution >= 4 is 101 Å². The van der Waals surface area contributed by atoms with E-state index in [9.17, 15) is 86.9 Å². The molecule has 0 saturated carbocycles. The summed E-state index contributed by atoms with van der Waals surface area (Å²) in [5.41, 5.74) is 31.9. The molecule has 14 amide bonds. The van der Waals surface area contributed by atoms with Crippen LogP contribution in [0.3, 0.4) is 0 Å². The maximum Gasteiger partial charge on any atom is 0.326 e. The van der Waals surface area contributed by atoms with Gasteiger partial charge < -0.3 is 102 Å². The first-order valence-corrected chi connectivity index (χ1v) is 27.6. The highest BCUT2D eigenvalue weighted by molar-refractivity contribution is 5.99. The number of amides is 14. The predicted molar refractivity (Wildman–Crippen MR) is 298 cm³/mol. The second kappa shape index (κ2) is 36.5. The van der Waals surface area contributed by atoms with Crippen molar-refractivity contribution in [2.75, 3.05) is 39.3 Å². The Hall–Kier alpha value is -9.25. The molecule has 86 heavy (non-hydrogen) atoms. The van der Waals surface area contributed by atoms with Gasteiger partial charge in [0.25, 0.3) is 0 Å². The van der Waals surface area contributed by atoms with E-state index >= 15 is 0 Å². The highest BCUT2D eigenvalue weighted by Gasteiger charge is 2.40. The maximum absolute atomic E-state index is 14.0. The van der Waals surface area contributed by atoms with Gasteiger partial charge >= 0.3 is 11.9 Å². The van der Waals surface area contributed by atoms with Gasteiger partial charge in [0.05, 0.1) is 32.1 Å². The molecule has 0 unspecified atom stereocenters. The Morgan fingerprint density at radius 3 is 1.58 bits per heavy atom. The second-order valence-electron chi connectivity index (χ2n) is 20.9. The summed E-state index contributed by atoms with van der Waals surface area (Å²) in [4.78, 5) is 211. The molecule has 0 bridgehead atoms. The summed E-state index contributed by atoms with van der Waals surface area (Å²) < 4.78 is 0. The molecular weight excluding hydrogens is 1140 g/mol. The van der Waals surface area contributed by atoms with E-state index in [1.807, 2.05) is 0 Å². The van der Waals surface area contributed by atoms with E-state index < -0.39 is 201 Å². The lowest BCUT2D eigenvalue weighted by Crippen LogP contribution is -2.58. The van der Waals surface area contributed by atoms with Crippen LogP contribution in [0.25, 0.3) is 0 Å². The van der Waals surface area contributed by atoms with Gasteiger partial charge in [0, 0.05) is 38.9 Å². The number of hydrogen-bond donors (Lipinski definition) is 17. The molecule has 0 aliphatic carbocycles. The molecule has 9 atom stereocenters. The number of carboxylic acid groups (broad SMARTS) is 2. The Balaban J connectivity index is 2.11. The number of carbonyl (C=O) groups excluding carboxylic acids is 14. The summed E-state index contributed by atoms with van der Waals surface area (Å²) in [5.74, 6) is -15.6. The molecule has 2 heterocycles. The number of carbonyl (C=O) groups is 16. The van der Waals surface area contributed by atoms with Crippen molar-refractivity contribution < 1.29 is 86.9 Å². The number of hydrogen-bond acceptors (Lipinski definition) is 18. The number of guanidine groups is 1. The van der Waals surface area contributed by atoms with E-state index in [0.717, 1.165) is 4.90 Å². The normalized spacial score (nSPS) is 16.8. The SMILES string of the molecule is CC(C)C[C@H](NC(=O)[C@H]1CCCN1C(=O)CNC(=O)[C@@H](N)CC(N)=O)C(=O)N[C@@H](CCC(N)=O)C(=O)N[C@@H](C)C(=O)NCC(=O)N[C@@H](CCC(N)=O)C(=O)N1CCC[C@@H]1C(=O)NCC(=O)N[C@@H](CCC(=O)O)C(=O)N[C@@H](CCCN=C(N)N)C(=O)O. The van der Waals surface area contributed by atoms with Crippen LogP contribution < -0.4 is 82.3 Å². The Morgan fingerprint density at radius 1 is 0.523 bits per heavy atom. The fourth-order valence-corrected chi connectivity index (χ4v) is 8.93. The molecule has 36 heteroatoms. The van der Waals surface area contributed by atoms with Crippen LogP contribution in [0.1, 0.15) is 111 Å². The lowest BCUT2D eigenvalue weighted by molar-refractivity contribution is -0.143. The first-order valence-electron chi connectivity index (χ1n) is 27.6. The van der Waals surface area contributed by atoms with Gasteiger partial charge in [-0.25, -0.2) is 4.79 Å². The average Bonchev–Trinajstić information content (AvgIpc) is 3.06. The summed E-state index contributed by atoms with van der Waals surface area (Å²) >= 11 is 0. The van der Waals surface area contributed by atoms with Crippen molar-refractivity contribution in [3.8, 4) is 0 Å². The number of likely N-dealkylation sites (tertiary alicyclic amines) is 2. The average molecular weight is 1220 g/mol. The highest BCUT2D eigenvalue weighted by atomic mass is 16.4. The van der Waals surface area contributed by atoms with Crippen LogP contribution in [-0.4, -0.2) is 214 Å². The monoisotopic (exact) mass is 1220 g/mol. The summed E-state index contributed by atoms with van der Waals surface area (Å²) in [6, 6.07) is -12.4. The smallest absolute Gasteiger partial charge is 0.326 e. The minimum Gasteiger partial charge on any atom is -0.481 e. The topological polar surface area (TPSA) is 597 Å². The number of nitrogens with zero attached hydrogens (tertiary/aromatic N) is 3. The fraction of sp³-hybridized carbons (Fsp3) is 0.660. The molecule has 0 aromatic heterocycles. The molecule has 0 spiro atoms. The molecular formula is C50H82N18O18. The summed E-state index contributed by atoms with van der Waals surface area (Å²) in [5, 5.41) is 40.2. The molecule has 2 aliphatic heterocycles.